The lowest BCUT2D eigenvalue weighted by molar-refractivity contribution is 0.171. The number of thiophene rings is 1. The lowest BCUT2D eigenvalue weighted by atomic mass is 10.2. The van der Waals surface area contributed by atoms with Crippen LogP contribution in [0.15, 0.2) is 41.1 Å². The molecule has 124 valence electrons. The first-order valence-electron chi connectivity index (χ1n) is 7.19. The van der Waals surface area contributed by atoms with Crippen molar-refractivity contribution in [2.75, 3.05) is 13.1 Å². The summed E-state index contributed by atoms with van der Waals surface area (Å²) in [6, 6.07) is 7.49. The summed E-state index contributed by atoms with van der Waals surface area (Å²) in [5.41, 5.74) is 0.770. The number of carbonyl (C=O) groups excluding carboxylic acids is 1. The number of hydrogen-bond donors (Lipinski definition) is 3. The molecule has 0 aliphatic carbocycles. The maximum absolute atomic E-state index is 13.4. The number of para-hydroxylation sites is 1. The Morgan fingerprint density at radius 1 is 1.30 bits per heavy atom. The van der Waals surface area contributed by atoms with Crippen LogP contribution in [0.5, 0.6) is 5.75 Å². The number of hydrogen-bond acceptors (Lipinski definition) is 4. The third kappa shape index (κ3) is 5.54. The molecule has 0 aliphatic rings. The molecule has 0 bridgehead atoms. The highest BCUT2D eigenvalue weighted by molar-refractivity contribution is 7.07. The molecule has 3 N–H and O–H groups in total. The molecule has 1 aromatic heterocycles. The number of rotatable bonds is 7. The Kier molecular flexibility index (Phi) is 6.37. The smallest absolute Gasteiger partial charge is 0.315 e. The molecule has 0 radical (unpaired) electrons. The van der Waals surface area contributed by atoms with Gasteiger partial charge in [0.2, 0.25) is 0 Å². The summed E-state index contributed by atoms with van der Waals surface area (Å²) in [5.74, 6) is -0.294. The molecule has 0 saturated carbocycles. The number of carbonyl (C=O) groups is 1. The van der Waals surface area contributed by atoms with Gasteiger partial charge >= 0.3 is 6.03 Å². The van der Waals surface area contributed by atoms with E-state index in [1.54, 1.807) is 25.1 Å². The first-order chi connectivity index (χ1) is 11.1. The molecule has 2 rings (SSSR count). The number of aliphatic hydroxyl groups is 1. The van der Waals surface area contributed by atoms with Crippen molar-refractivity contribution in [2.24, 2.45) is 0 Å². The van der Waals surface area contributed by atoms with E-state index in [2.05, 4.69) is 10.6 Å². The van der Waals surface area contributed by atoms with E-state index in [0.29, 0.717) is 0 Å². The van der Waals surface area contributed by atoms with E-state index in [9.17, 15) is 14.3 Å². The standard InChI is InChI=1S/C16H19FN2O3S/c1-11(22-15-5-3-2-4-13(15)17)8-18-16(21)19-9-14(20)12-6-7-23-10-12/h2-7,10-11,14,20H,8-9H2,1H3,(H2,18,19,21)/t11-,14-/m1/s1. The van der Waals surface area contributed by atoms with Gasteiger partial charge in [-0.05, 0) is 41.4 Å². The predicted octanol–water partition coefficient (Wildman–Crippen LogP) is 2.69. The van der Waals surface area contributed by atoms with Gasteiger partial charge in [-0.25, -0.2) is 9.18 Å². The Hall–Kier alpha value is -2.12. The van der Waals surface area contributed by atoms with E-state index < -0.39 is 18.0 Å². The number of benzene rings is 1. The van der Waals surface area contributed by atoms with Crippen LogP contribution in [0.25, 0.3) is 0 Å². The Morgan fingerprint density at radius 2 is 2.04 bits per heavy atom. The molecule has 0 aliphatic heterocycles. The number of urea groups is 1. The molecule has 2 atom stereocenters. The van der Waals surface area contributed by atoms with Crippen LogP contribution in [-0.4, -0.2) is 30.3 Å². The summed E-state index contributed by atoms with van der Waals surface area (Å²) in [5, 5.41) is 18.7. The minimum absolute atomic E-state index is 0.116. The second kappa shape index (κ2) is 8.50. The molecule has 0 unspecified atom stereocenters. The van der Waals surface area contributed by atoms with Gasteiger partial charge < -0.3 is 20.5 Å². The lowest BCUT2D eigenvalue weighted by Crippen LogP contribution is -2.41. The lowest BCUT2D eigenvalue weighted by Gasteiger charge is -2.17. The largest absolute Gasteiger partial charge is 0.486 e. The Bertz CT molecular complexity index is 622. The summed E-state index contributed by atoms with van der Waals surface area (Å²) < 4.78 is 18.9. The highest BCUT2D eigenvalue weighted by Crippen LogP contribution is 2.17. The highest BCUT2D eigenvalue weighted by Gasteiger charge is 2.12. The molecule has 23 heavy (non-hydrogen) atoms. The average Bonchev–Trinajstić information content (AvgIpc) is 3.07. The van der Waals surface area contributed by atoms with Gasteiger partial charge in [0.25, 0.3) is 0 Å². The molecule has 1 heterocycles. The van der Waals surface area contributed by atoms with Gasteiger partial charge in [0.05, 0.1) is 12.6 Å². The van der Waals surface area contributed by atoms with Crippen LogP contribution in [0, 0.1) is 5.82 Å². The SMILES string of the molecule is C[C@H](CNC(=O)NC[C@@H](O)c1ccsc1)Oc1ccccc1F. The number of halogens is 1. The fourth-order valence-electron chi connectivity index (χ4n) is 1.87. The van der Waals surface area contributed by atoms with Crippen LogP contribution in [0.4, 0.5) is 9.18 Å². The van der Waals surface area contributed by atoms with Gasteiger partial charge in [0, 0.05) is 6.54 Å². The predicted molar refractivity (Wildman–Crippen MR) is 87.2 cm³/mol. The fraction of sp³-hybridized carbons (Fsp3) is 0.312. The minimum Gasteiger partial charge on any atom is -0.486 e. The molecule has 2 aromatic rings. The molecule has 5 nitrogen and oxygen atoms in total. The normalized spacial score (nSPS) is 13.2. The van der Waals surface area contributed by atoms with E-state index in [-0.39, 0.29) is 24.9 Å². The van der Waals surface area contributed by atoms with Crippen molar-refractivity contribution < 1.29 is 19.0 Å². The van der Waals surface area contributed by atoms with Crippen LogP contribution < -0.4 is 15.4 Å². The van der Waals surface area contributed by atoms with Gasteiger partial charge in [-0.2, -0.15) is 11.3 Å². The zero-order valence-electron chi connectivity index (χ0n) is 12.7. The van der Waals surface area contributed by atoms with Crippen molar-refractivity contribution in [2.45, 2.75) is 19.1 Å². The summed E-state index contributed by atoms with van der Waals surface area (Å²) in [4.78, 5) is 11.7. The van der Waals surface area contributed by atoms with E-state index in [1.807, 2.05) is 10.8 Å². The van der Waals surface area contributed by atoms with Crippen LogP contribution in [0.2, 0.25) is 0 Å². The summed E-state index contributed by atoms with van der Waals surface area (Å²) in [7, 11) is 0. The Balaban J connectivity index is 1.68. The van der Waals surface area contributed by atoms with Gasteiger partial charge in [0.1, 0.15) is 6.10 Å². The molecule has 0 spiro atoms. The number of nitrogens with one attached hydrogen (secondary N) is 2. The van der Waals surface area contributed by atoms with E-state index in [4.69, 9.17) is 4.74 Å². The third-order valence-corrected chi connectivity index (χ3v) is 3.80. The first-order valence-corrected chi connectivity index (χ1v) is 8.13. The average molecular weight is 338 g/mol. The minimum atomic E-state index is -0.737. The molecule has 2 amide bonds. The third-order valence-electron chi connectivity index (χ3n) is 3.10. The van der Waals surface area contributed by atoms with Crippen LogP contribution in [0.3, 0.4) is 0 Å². The van der Waals surface area contributed by atoms with Gasteiger partial charge in [-0.1, -0.05) is 12.1 Å². The van der Waals surface area contributed by atoms with Crippen molar-refractivity contribution in [3.8, 4) is 5.75 Å². The zero-order chi connectivity index (χ0) is 16.7. The van der Waals surface area contributed by atoms with Crippen molar-refractivity contribution in [3.63, 3.8) is 0 Å². The molecule has 7 heteroatoms. The Morgan fingerprint density at radius 3 is 2.74 bits per heavy atom. The second-order valence-corrected chi connectivity index (χ2v) is 5.80. The van der Waals surface area contributed by atoms with Crippen LogP contribution in [0.1, 0.15) is 18.6 Å². The summed E-state index contributed by atoms with van der Waals surface area (Å²) >= 11 is 1.48. The Labute approximate surface area is 138 Å². The van der Waals surface area contributed by atoms with Crippen molar-refractivity contribution in [3.05, 3.63) is 52.5 Å². The van der Waals surface area contributed by atoms with E-state index >= 15 is 0 Å². The molecule has 0 fully saturated rings. The van der Waals surface area contributed by atoms with E-state index in [0.717, 1.165) is 5.56 Å². The fourth-order valence-corrected chi connectivity index (χ4v) is 2.58. The molecule has 1 aromatic carbocycles. The maximum atomic E-state index is 13.4. The van der Waals surface area contributed by atoms with Crippen LogP contribution >= 0.6 is 11.3 Å². The molecular weight excluding hydrogens is 319 g/mol. The number of amides is 2. The summed E-state index contributed by atoms with van der Waals surface area (Å²) in [6.45, 7) is 2.06. The molecular formula is C16H19FN2O3S. The van der Waals surface area contributed by atoms with Crippen LogP contribution in [-0.2, 0) is 0 Å². The second-order valence-electron chi connectivity index (χ2n) is 5.02. The zero-order valence-corrected chi connectivity index (χ0v) is 13.5. The topological polar surface area (TPSA) is 70.6 Å². The monoisotopic (exact) mass is 338 g/mol. The van der Waals surface area contributed by atoms with Gasteiger partial charge in [0.15, 0.2) is 11.6 Å². The number of ether oxygens (including phenoxy) is 1. The first kappa shape index (κ1) is 17.2. The van der Waals surface area contributed by atoms with Gasteiger partial charge in [-0.15, -0.1) is 0 Å². The quantitative estimate of drug-likeness (QED) is 0.727. The molecule has 0 saturated heterocycles. The van der Waals surface area contributed by atoms with Gasteiger partial charge in [-0.3, -0.25) is 0 Å². The van der Waals surface area contributed by atoms with Crippen molar-refractivity contribution in [1.29, 1.82) is 0 Å². The maximum Gasteiger partial charge on any atom is 0.315 e. The van der Waals surface area contributed by atoms with Crippen molar-refractivity contribution in [1.82, 2.24) is 10.6 Å². The number of aliphatic hydroxyl groups excluding tert-OH is 1. The highest BCUT2D eigenvalue weighted by atomic mass is 32.1. The van der Waals surface area contributed by atoms with Crippen molar-refractivity contribution >= 4 is 17.4 Å². The summed E-state index contributed by atoms with van der Waals surface area (Å²) in [6.07, 6.45) is -1.13. The van der Waals surface area contributed by atoms with E-state index in [1.165, 1.54) is 23.5 Å².